The summed E-state index contributed by atoms with van der Waals surface area (Å²) in [5.41, 5.74) is 0.309. The van der Waals surface area contributed by atoms with E-state index in [9.17, 15) is 13.6 Å². The summed E-state index contributed by atoms with van der Waals surface area (Å²) >= 11 is 0. The van der Waals surface area contributed by atoms with Crippen LogP contribution in [0.4, 0.5) is 8.78 Å². The number of rotatable bonds is 5. The lowest BCUT2D eigenvalue weighted by Gasteiger charge is -2.42. The molecule has 1 aromatic carbocycles. The van der Waals surface area contributed by atoms with Crippen molar-refractivity contribution >= 4 is 5.91 Å². The number of H-pyrrole nitrogens is 1. The molecule has 0 spiro atoms. The molecule has 2 N–H and O–H groups in total. The number of nitrogens with one attached hydrogen (secondary N) is 2. The summed E-state index contributed by atoms with van der Waals surface area (Å²) in [6.07, 6.45) is 4.60. The largest absolute Gasteiger partial charge is 0.349 e. The first-order valence-corrected chi connectivity index (χ1v) is 7.16. The maximum absolute atomic E-state index is 13.8. The molecular formula is C15H16F2N4O. The van der Waals surface area contributed by atoms with Crippen molar-refractivity contribution in [2.45, 2.75) is 25.7 Å². The van der Waals surface area contributed by atoms with Crippen molar-refractivity contribution in [3.05, 3.63) is 47.5 Å². The van der Waals surface area contributed by atoms with Gasteiger partial charge >= 0.3 is 0 Å². The second kappa shape index (κ2) is 5.82. The summed E-state index contributed by atoms with van der Waals surface area (Å²) in [4.78, 5) is 15.7. The number of halogens is 2. The molecule has 0 aliphatic heterocycles. The lowest BCUT2D eigenvalue weighted by molar-refractivity contribution is 0.0848. The van der Waals surface area contributed by atoms with Crippen molar-refractivity contribution < 1.29 is 13.6 Å². The molecule has 0 saturated heterocycles. The van der Waals surface area contributed by atoms with E-state index in [1.54, 1.807) is 0 Å². The molecule has 1 amide bonds. The highest BCUT2D eigenvalue weighted by Gasteiger charge is 2.38. The Balaban J connectivity index is 1.66. The molecule has 1 aliphatic carbocycles. The molecule has 1 heterocycles. The van der Waals surface area contributed by atoms with E-state index in [0.29, 0.717) is 18.5 Å². The number of carbonyl (C=O) groups is 1. The lowest BCUT2D eigenvalue weighted by atomic mass is 9.65. The molecule has 0 radical (unpaired) electrons. The predicted octanol–water partition coefficient (Wildman–Crippen LogP) is 2.23. The van der Waals surface area contributed by atoms with Gasteiger partial charge in [-0.3, -0.25) is 9.89 Å². The molecular weight excluding hydrogens is 290 g/mol. The van der Waals surface area contributed by atoms with Crippen molar-refractivity contribution in [2.24, 2.45) is 5.41 Å². The van der Waals surface area contributed by atoms with Crippen LogP contribution in [-0.4, -0.2) is 27.6 Å². The topological polar surface area (TPSA) is 70.7 Å². The maximum Gasteiger partial charge on any atom is 0.288 e. The van der Waals surface area contributed by atoms with Gasteiger partial charge in [-0.05, 0) is 36.3 Å². The number of hydrogen-bond donors (Lipinski definition) is 2. The summed E-state index contributed by atoms with van der Waals surface area (Å²) < 4.78 is 26.8. The highest BCUT2D eigenvalue weighted by molar-refractivity contribution is 5.90. The second-order valence-electron chi connectivity index (χ2n) is 5.78. The van der Waals surface area contributed by atoms with Crippen molar-refractivity contribution in [2.75, 3.05) is 6.54 Å². The molecule has 22 heavy (non-hydrogen) atoms. The zero-order valence-corrected chi connectivity index (χ0v) is 11.9. The SMILES string of the molecule is O=C(NCC1(Cc2ccc(F)cc2F)CCC1)c1ncn[nH]1. The molecule has 3 rings (SSSR count). The minimum absolute atomic E-state index is 0.155. The molecule has 1 aliphatic rings. The van der Waals surface area contributed by atoms with Crippen molar-refractivity contribution in [1.82, 2.24) is 20.5 Å². The highest BCUT2D eigenvalue weighted by Crippen LogP contribution is 2.43. The van der Waals surface area contributed by atoms with Crippen LogP contribution in [0.3, 0.4) is 0 Å². The molecule has 0 bridgehead atoms. The number of hydrogen-bond acceptors (Lipinski definition) is 3. The zero-order chi connectivity index (χ0) is 15.6. The van der Waals surface area contributed by atoms with Crippen molar-refractivity contribution in [3.63, 3.8) is 0 Å². The van der Waals surface area contributed by atoms with Gasteiger partial charge in [0, 0.05) is 12.6 Å². The summed E-state index contributed by atoms with van der Waals surface area (Å²) in [7, 11) is 0. The zero-order valence-electron chi connectivity index (χ0n) is 11.9. The molecule has 1 aromatic heterocycles. The third-order valence-electron chi connectivity index (χ3n) is 4.25. The summed E-state index contributed by atoms with van der Waals surface area (Å²) in [6.45, 7) is 0.434. The fraction of sp³-hybridized carbons (Fsp3) is 0.400. The first-order valence-electron chi connectivity index (χ1n) is 7.16. The molecule has 1 fully saturated rings. The van der Waals surface area contributed by atoms with E-state index in [1.165, 1.54) is 18.5 Å². The molecule has 7 heteroatoms. The number of benzene rings is 1. The predicted molar refractivity (Wildman–Crippen MR) is 75.1 cm³/mol. The van der Waals surface area contributed by atoms with Crippen LogP contribution < -0.4 is 5.32 Å². The van der Waals surface area contributed by atoms with Gasteiger partial charge in [0.2, 0.25) is 5.82 Å². The van der Waals surface area contributed by atoms with Gasteiger partial charge in [0.05, 0.1) is 0 Å². The van der Waals surface area contributed by atoms with E-state index < -0.39 is 11.6 Å². The van der Waals surface area contributed by atoms with Crippen LogP contribution in [0.1, 0.15) is 35.4 Å². The molecule has 1 saturated carbocycles. The summed E-state index contributed by atoms with van der Waals surface area (Å²) in [5, 5.41) is 8.94. The molecule has 116 valence electrons. The first-order chi connectivity index (χ1) is 10.6. The van der Waals surface area contributed by atoms with Crippen LogP contribution >= 0.6 is 0 Å². The first kappa shape index (κ1) is 14.6. The Labute approximate surface area is 126 Å². The van der Waals surface area contributed by atoms with Crippen LogP contribution in [0.25, 0.3) is 0 Å². The molecule has 0 atom stereocenters. The number of aromatic amines is 1. The van der Waals surface area contributed by atoms with Gasteiger partial charge in [-0.25, -0.2) is 13.8 Å². The Morgan fingerprint density at radius 1 is 1.36 bits per heavy atom. The average molecular weight is 306 g/mol. The normalized spacial score (nSPS) is 16.1. The van der Waals surface area contributed by atoms with E-state index in [4.69, 9.17) is 0 Å². The average Bonchev–Trinajstić information content (AvgIpc) is 2.98. The number of amides is 1. The third-order valence-corrected chi connectivity index (χ3v) is 4.25. The van der Waals surface area contributed by atoms with Crippen molar-refractivity contribution in [1.29, 1.82) is 0 Å². The fourth-order valence-corrected chi connectivity index (χ4v) is 2.83. The van der Waals surface area contributed by atoms with Crippen LogP contribution in [0.5, 0.6) is 0 Å². The summed E-state index contributed by atoms with van der Waals surface area (Å²) in [5.74, 6) is -1.29. The van der Waals surface area contributed by atoms with E-state index >= 15 is 0 Å². The van der Waals surface area contributed by atoms with Gasteiger partial charge in [0.15, 0.2) is 0 Å². The minimum atomic E-state index is -0.581. The number of nitrogens with zero attached hydrogens (tertiary/aromatic N) is 2. The van der Waals surface area contributed by atoms with Gasteiger partial charge in [0.25, 0.3) is 5.91 Å². The third kappa shape index (κ3) is 2.98. The quantitative estimate of drug-likeness (QED) is 0.890. The Morgan fingerprint density at radius 2 is 2.18 bits per heavy atom. The van der Waals surface area contributed by atoms with Gasteiger partial charge in [-0.15, -0.1) is 0 Å². The molecule has 0 unspecified atom stereocenters. The van der Waals surface area contributed by atoms with E-state index in [2.05, 4.69) is 20.5 Å². The standard InChI is InChI=1S/C15H16F2N4O/c16-11-3-2-10(12(17)6-11)7-15(4-1-5-15)8-18-14(22)13-19-9-20-21-13/h2-3,6,9H,1,4-5,7-8H2,(H,18,22)(H,19,20,21). The Bertz CT molecular complexity index is 668. The van der Waals surface area contributed by atoms with Gasteiger partial charge in [-0.1, -0.05) is 12.5 Å². The van der Waals surface area contributed by atoms with Crippen molar-refractivity contribution in [3.8, 4) is 0 Å². The second-order valence-corrected chi connectivity index (χ2v) is 5.78. The van der Waals surface area contributed by atoms with E-state index in [0.717, 1.165) is 25.3 Å². The highest BCUT2D eigenvalue weighted by atomic mass is 19.1. The van der Waals surface area contributed by atoms with Gasteiger partial charge < -0.3 is 5.32 Å². The van der Waals surface area contributed by atoms with Crippen LogP contribution in [0.15, 0.2) is 24.5 Å². The van der Waals surface area contributed by atoms with Crippen LogP contribution in [0, 0.1) is 17.0 Å². The van der Waals surface area contributed by atoms with Crippen LogP contribution in [-0.2, 0) is 6.42 Å². The number of carbonyl (C=O) groups excluding carboxylic acids is 1. The summed E-state index contributed by atoms with van der Waals surface area (Å²) in [6, 6.07) is 3.63. The monoisotopic (exact) mass is 306 g/mol. The molecule has 5 nitrogen and oxygen atoms in total. The van der Waals surface area contributed by atoms with E-state index in [-0.39, 0.29) is 17.1 Å². The Kier molecular flexibility index (Phi) is 3.87. The van der Waals surface area contributed by atoms with Crippen LogP contribution in [0.2, 0.25) is 0 Å². The van der Waals surface area contributed by atoms with Gasteiger partial charge in [0.1, 0.15) is 18.0 Å². The smallest absolute Gasteiger partial charge is 0.288 e. The Morgan fingerprint density at radius 3 is 2.77 bits per heavy atom. The van der Waals surface area contributed by atoms with E-state index in [1.807, 2.05) is 0 Å². The lowest BCUT2D eigenvalue weighted by Crippen LogP contribution is -2.44. The Hall–Kier alpha value is -2.31. The maximum atomic E-state index is 13.8. The fourth-order valence-electron chi connectivity index (χ4n) is 2.83. The minimum Gasteiger partial charge on any atom is -0.349 e. The number of aromatic nitrogens is 3. The molecule has 2 aromatic rings. The van der Waals surface area contributed by atoms with Gasteiger partial charge in [-0.2, -0.15) is 5.10 Å².